The van der Waals surface area contributed by atoms with E-state index in [1.165, 1.54) is 16.8 Å². The number of imidazole rings is 1. The monoisotopic (exact) mass is 243 g/mol. The van der Waals surface area contributed by atoms with Crippen LogP contribution in [0.4, 0.5) is 0 Å². The maximum absolute atomic E-state index is 4.18. The average molecular weight is 243 g/mol. The normalized spacial score (nSPS) is 12.6. The van der Waals surface area contributed by atoms with E-state index in [9.17, 15) is 0 Å². The van der Waals surface area contributed by atoms with Gasteiger partial charge in [0.05, 0.1) is 12.0 Å². The molecule has 3 nitrogen and oxygen atoms in total. The first-order chi connectivity index (χ1) is 8.72. The lowest BCUT2D eigenvalue weighted by atomic mass is 10.0. The highest BCUT2D eigenvalue weighted by Gasteiger charge is 2.08. The highest BCUT2D eigenvalue weighted by Crippen LogP contribution is 2.17. The number of hydrogen-bond donors (Lipinski definition) is 1. The Morgan fingerprint density at radius 3 is 2.83 bits per heavy atom. The Bertz CT molecular complexity index is 502. The first-order valence-corrected chi connectivity index (χ1v) is 6.50. The summed E-state index contributed by atoms with van der Waals surface area (Å²) in [4.78, 5) is 4.18. The molecule has 2 aromatic rings. The summed E-state index contributed by atoms with van der Waals surface area (Å²) >= 11 is 0. The number of rotatable bonds is 5. The zero-order valence-electron chi connectivity index (χ0n) is 11.4. The number of benzene rings is 1. The molecular weight excluding hydrogens is 222 g/mol. The Balaban J connectivity index is 2.01. The summed E-state index contributed by atoms with van der Waals surface area (Å²) in [7, 11) is 0. The molecule has 0 fully saturated rings. The van der Waals surface area contributed by atoms with Crippen LogP contribution in [-0.2, 0) is 13.1 Å². The van der Waals surface area contributed by atoms with Gasteiger partial charge in [-0.2, -0.15) is 0 Å². The summed E-state index contributed by atoms with van der Waals surface area (Å²) in [5.41, 5.74) is 3.93. The fraction of sp³-hybridized carbons (Fsp3) is 0.400. The van der Waals surface area contributed by atoms with Crippen LogP contribution in [0.5, 0.6) is 0 Å². The molecule has 1 heterocycles. The Labute approximate surface area is 109 Å². The maximum Gasteiger partial charge on any atom is 0.0948 e. The smallest absolute Gasteiger partial charge is 0.0948 e. The lowest BCUT2D eigenvalue weighted by Crippen LogP contribution is -2.20. The van der Waals surface area contributed by atoms with Crippen LogP contribution in [0.2, 0.25) is 0 Å². The predicted octanol–water partition coefficient (Wildman–Crippen LogP) is 3.06. The second-order valence-corrected chi connectivity index (χ2v) is 4.63. The lowest BCUT2D eigenvalue weighted by molar-refractivity contribution is 0.547. The number of nitrogens with one attached hydrogen (secondary N) is 1. The van der Waals surface area contributed by atoms with Crippen molar-refractivity contribution in [2.75, 3.05) is 0 Å². The maximum atomic E-state index is 4.18. The molecule has 1 aromatic carbocycles. The summed E-state index contributed by atoms with van der Waals surface area (Å²) in [6.45, 7) is 8.31. The lowest BCUT2D eigenvalue weighted by Gasteiger charge is -2.17. The zero-order valence-corrected chi connectivity index (χ0v) is 11.4. The van der Waals surface area contributed by atoms with Gasteiger partial charge in [-0.15, -0.1) is 0 Å². The largest absolute Gasteiger partial charge is 0.334 e. The first kappa shape index (κ1) is 12.8. The Morgan fingerprint density at radius 1 is 1.33 bits per heavy atom. The second kappa shape index (κ2) is 5.83. The molecule has 0 saturated heterocycles. The van der Waals surface area contributed by atoms with Gasteiger partial charge in [-0.05, 0) is 31.9 Å². The average Bonchev–Trinajstić information content (AvgIpc) is 2.84. The molecule has 0 radical (unpaired) electrons. The molecule has 0 unspecified atom stereocenters. The summed E-state index contributed by atoms with van der Waals surface area (Å²) in [5, 5.41) is 3.56. The number of nitrogens with zero attached hydrogens (tertiary/aromatic N) is 2. The Kier molecular flexibility index (Phi) is 4.15. The first-order valence-electron chi connectivity index (χ1n) is 6.50. The molecule has 1 N–H and O–H groups in total. The van der Waals surface area contributed by atoms with Crippen LogP contribution in [0.1, 0.15) is 36.7 Å². The Hall–Kier alpha value is -1.61. The van der Waals surface area contributed by atoms with Gasteiger partial charge in [-0.25, -0.2) is 4.98 Å². The van der Waals surface area contributed by atoms with Crippen LogP contribution >= 0.6 is 0 Å². The SMILES string of the molecule is CCn1cncc1CN[C@H](C)c1ccccc1C. The molecule has 18 heavy (non-hydrogen) atoms. The minimum Gasteiger partial charge on any atom is -0.334 e. The third kappa shape index (κ3) is 2.79. The van der Waals surface area contributed by atoms with Crippen LogP contribution in [-0.4, -0.2) is 9.55 Å². The molecule has 0 amide bonds. The van der Waals surface area contributed by atoms with Crippen molar-refractivity contribution in [2.45, 2.75) is 39.9 Å². The summed E-state index contributed by atoms with van der Waals surface area (Å²) in [6.07, 6.45) is 3.82. The van der Waals surface area contributed by atoms with Gasteiger partial charge in [-0.1, -0.05) is 24.3 Å². The van der Waals surface area contributed by atoms with E-state index in [1.807, 2.05) is 12.5 Å². The molecule has 0 aliphatic rings. The van der Waals surface area contributed by atoms with Crippen molar-refractivity contribution in [1.82, 2.24) is 14.9 Å². The third-order valence-electron chi connectivity index (χ3n) is 3.38. The van der Waals surface area contributed by atoms with Crippen molar-refractivity contribution < 1.29 is 0 Å². The fourth-order valence-corrected chi connectivity index (χ4v) is 2.22. The highest BCUT2D eigenvalue weighted by molar-refractivity contribution is 5.28. The molecule has 3 heteroatoms. The van der Waals surface area contributed by atoms with Gasteiger partial charge in [0.2, 0.25) is 0 Å². The minimum absolute atomic E-state index is 0.353. The van der Waals surface area contributed by atoms with E-state index in [4.69, 9.17) is 0 Å². The van der Waals surface area contributed by atoms with Gasteiger partial charge in [0.1, 0.15) is 0 Å². The fourth-order valence-electron chi connectivity index (χ4n) is 2.22. The van der Waals surface area contributed by atoms with E-state index in [0.29, 0.717) is 6.04 Å². The van der Waals surface area contributed by atoms with Gasteiger partial charge < -0.3 is 9.88 Å². The van der Waals surface area contributed by atoms with Crippen molar-refractivity contribution >= 4 is 0 Å². The standard InChI is InChI=1S/C15H21N3/c1-4-18-11-16-9-14(18)10-17-13(3)15-8-6-5-7-12(15)2/h5-9,11,13,17H,4,10H2,1-3H3/t13-/m1/s1. The molecule has 0 aliphatic heterocycles. The van der Waals surface area contributed by atoms with Crippen molar-refractivity contribution in [3.05, 3.63) is 53.6 Å². The number of hydrogen-bond acceptors (Lipinski definition) is 2. The van der Waals surface area contributed by atoms with E-state index < -0.39 is 0 Å². The van der Waals surface area contributed by atoms with E-state index >= 15 is 0 Å². The molecule has 96 valence electrons. The molecular formula is C15H21N3. The van der Waals surface area contributed by atoms with Crippen LogP contribution < -0.4 is 5.32 Å². The predicted molar refractivity (Wildman–Crippen MR) is 74.3 cm³/mol. The Morgan fingerprint density at radius 2 is 2.11 bits per heavy atom. The molecule has 2 rings (SSSR count). The van der Waals surface area contributed by atoms with Gasteiger partial charge in [0.25, 0.3) is 0 Å². The van der Waals surface area contributed by atoms with Crippen molar-refractivity contribution in [1.29, 1.82) is 0 Å². The van der Waals surface area contributed by atoms with Crippen molar-refractivity contribution in [3.8, 4) is 0 Å². The summed E-state index contributed by atoms with van der Waals surface area (Å²) in [6, 6.07) is 8.87. The number of aryl methyl sites for hydroxylation is 2. The summed E-state index contributed by atoms with van der Waals surface area (Å²) < 4.78 is 2.16. The molecule has 0 spiro atoms. The van der Waals surface area contributed by atoms with Gasteiger partial charge in [-0.3, -0.25) is 0 Å². The van der Waals surface area contributed by atoms with E-state index in [1.54, 1.807) is 0 Å². The quantitative estimate of drug-likeness (QED) is 0.874. The molecule has 0 saturated carbocycles. The van der Waals surface area contributed by atoms with Gasteiger partial charge in [0.15, 0.2) is 0 Å². The third-order valence-corrected chi connectivity index (χ3v) is 3.38. The van der Waals surface area contributed by atoms with Crippen LogP contribution in [0, 0.1) is 6.92 Å². The summed E-state index contributed by atoms with van der Waals surface area (Å²) in [5.74, 6) is 0. The van der Waals surface area contributed by atoms with Crippen molar-refractivity contribution in [2.24, 2.45) is 0 Å². The molecule has 1 atom stereocenters. The molecule has 0 bridgehead atoms. The zero-order chi connectivity index (χ0) is 13.0. The second-order valence-electron chi connectivity index (χ2n) is 4.63. The number of aromatic nitrogens is 2. The topological polar surface area (TPSA) is 29.9 Å². The van der Waals surface area contributed by atoms with E-state index in [2.05, 4.69) is 59.9 Å². The van der Waals surface area contributed by atoms with Gasteiger partial charge >= 0.3 is 0 Å². The van der Waals surface area contributed by atoms with E-state index in [0.717, 1.165) is 13.1 Å². The van der Waals surface area contributed by atoms with Crippen LogP contribution in [0.3, 0.4) is 0 Å². The minimum atomic E-state index is 0.353. The highest BCUT2D eigenvalue weighted by atomic mass is 15.1. The molecule has 1 aromatic heterocycles. The van der Waals surface area contributed by atoms with Crippen LogP contribution in [0.15, 0.2) is 36.8 Å². The van der Waals surface area contributed by atoms with Crippen molar-refractivity contribution in [3.63, 3.8) is 0 Å². The van der Waals surface area contributed by atoms with Crippen LogP contribution in [0.25, 0.3) is 0 Å². The van der Waals surface area contributed by atoms with E-state index in [-0.39, 0.29) is 0 Å². The van der Waals surface area contributed by atoms with Gasteiger partial charge in [0, 0.05) is 25.3 Å². The molecule has 0 aliphatic carbocycles.